The van der Waals surface area contributed by atoms with Crippen LogP contribution in [-0.4, -0.2) is 23.2 Å². The SMILES string of the molecule is NNC(=O)c1ccccc1C1CCCC1.O=C(O)C(F)(F)F. The van der Waals surface area contributed by atoms with E-state index in [4.69, 9.17) is 15.7 Å². The maximum atomic E-state index is 11.6. The summed E-state index contributed by atoms with van der Waals surface area (Å²) in [6, 6.07) is 7.75. The molecule has 0 unspecified atom stereocenters. The van der Waals surface area contributed by atoms with Gasteiger partial charge in [-0.15, -0.1) is 0 Å². The van der Waals surface area contributed by atoms with Crippen molar-refractivity contribution in [3.63, 3.8) is 0 Å². The van der Waals surface area contributed by atoms with Gasteiger partial charge in [0.1, 0.15) is 0 Å². The Morgan fingerprint density at radius 2 is 1.68 bits per heavy atom. The molecule has 1 fully saturated rings. The first-order chi connectivity index (χ1) is 10.3. The number of carbonyl (C=O) groups excluding carboxylic acids is 1. The Labute approximate surface area is 125 Å². The van der Waals surface area contributed by atoms with Gasteiger partial charge >= 0.3 is 12.1 Å². The van der Waals surface area contributed by atoms with E-state index in [1.165, 1.54) is 25.7 Å². The van der Waals surface area contributed by atoms with Crippen LogP contribution in [-0.2, 0) is 4.79 Å². The van der Waals surface area contributed by atoms with Gasteiger partial charge in [-0.1, -0.05) is 31.0 Å². The number of carbonyl (C=O) groups is 2. The Bertz CT molecular complexity index is 526. The van der Waals surface area contributed by atoms with Crippen molar-refractivity contribution in [2.24, 2.45) is 5.84 Å². The Hall–Kier alpha value is -2.09. The normalized spacial score (nSPS) is 14.9. The quantitative estimate of drug-likeness (QED) is 0.444. The van der Waals surface area contributed by atoms with Crippen LogP contribution in [0.15, 0.2) is 24.3 Å². The number of carboxylic acids is 1. The van der Waals surface area contributed by atoms with E-state index in [0.717, 1.165) is 11.1 Å². The number of nitrogen functional groups attached to an aromatic ring is 1. The molecular weight excluding hydrogens is 301 g/mol. The molecule has 1 amide bonds. The molecule has 1 aliphatic carbocycles. The summed E-state index contributed by atoms with van der Waals surface area (Å²) in [5.74, 6) is 2.77. The number of rotatable bonds is 2. The number of aliphatic carboxylic acids is 1. The van der Waals surface area contributed by atoms with E-state index in [1.54, 1.807) is 0 Å². The molecule has 1 aromatic carbocycles. The van der Waals surface area contributed by atoms with Crippen LogP contribution in [0.2, 0.25) is 0 Å². The van der Waals surface area contributed by atoms with Gasteiger partial charge in [-0.05, 0) is 30.4 Å². The summed E-state index contributed by atoms with van der Waals surface area (Å²) in [5.41, 5.74) is 4.09. The van der Waals surface area contributed by atoms with Crippen LogP contribution < -0.4 is 11.3 Å². The lowest BCUT2D eigenvalue weighted by molar-refractivity contribution is -0.192. The minimum Gasteiger partial charge on any atom is -0.475 e. The molecule has 4 N–H and O–H groups in total. The third-order valence-electron chi connectivity index (χ3n) is 3.37. The molecule has 122 valence electrons. The van der Waals surface area contributed by atoms with Crippen LogP contribution in [0.3, 0.4) is 0 Å². The van der Waals surface area contributed by atoms with Crippen molar-refractivity contribution in [3.8, 4) is 0 Å². The van der Waals surface area contributed by atoms with E-state index < -0.39 is 12.1 Å². The lowest BCUT2D eigenvalue weighted by Gasteiger charge is -2.13. The van der Waals surface area contributed by atoms with Crippen LogP contribution in [0.5, 0.6) is 0 Å². The minimum atomic E-state index is -5.08. The maximum Gasteiger partial charge on any atom is 0.490 e. The van der Waals surface area contributed by atoms with Crippen molar-refractivity contribution >= 4 is 11.9 Å². The van der Waals surface area contributed by atoms with Gasteiger partial charge in [-0.2, -0.15) is 13.2 Å². The summed E-state index contributed by atoms with van der Waals surface area (Å²) < 4.78 is 31.7. The van der Waals surface area contributed by atoms with Gasteiger partial charge in [0, 0.05) is 5.56 Å². The van der Waals surface area contributed by atoms with Gasteiger partial charge < -0.3 is 5.11 Å². The van der Waals surface area contributed by atoms with Gasteiger partial charge in [0.25, 0.3) is 5.91 Å². The second-order valence-electron chi connectivity index (χ2n) is 4.85. The van der Waals surface area contributed by atoms with Crippen molar-refractivity contribution < 1.29 is 27.9 Å². The van der Waals surface area contributed by atoms with Crippen LogP contribution in [0.25, 0.3) is 0 Å². The molecule has 0 saturated heterocycles. The van der Waals surface area contributed by atoms with E-state index in [1.807, 2.05) is 24.3 Å². The number of carboxylic acid groups (broad SMARTS) is 1. The average Bonchev–Trinajstić information content (AvgIpc) is 3.00. The number of halogens is 3. The third kappa shape index (κ3) is 5.03. The molecule has 8 heteroatoms. The molecular formula is C14H17F3N2O3. The summed E-state index contributed by atoms with van der Waals surface area (Å²) >= 11 is 0. The monoisotopic (exact) mass is 318 g/mol. The zero-order valence-corrected chi connectivity index (χ0v) is 11.7. The zero-order valence-electron chi connectivity index (χ0n) is 11.7. The van der Waals surface area contributed by atoms with E-state index in [2.05, 4.69) is 5.43 Å². The molecule has 0 spiro atoms. The second-order valence-corrected chi connectivity index (χ2v) is 4.85. The summed E-state index contributed by atoms with van der Waals surface area (Å²) in [7, 11) is 0. The van der Waals surface area contributed by atoms with Crippen LogP contribution in [0, 0.1) is 0 Å². The molecule has 0 aliphatic heterocycles. The standard InChI is InChI=1S/C12H16N2O.C2HF3O2/c13-14-12(15)11-8-4-3-7-10(11)9-5-1-2-6-9;3-2(4,5)1(6)7/h3-4,7-9H,1-2,5-6,13H2,(H,14,15);(H,6,7). The van der Waals surface area contributed by atoms with E-state index in [0.29, 0.717) is 5.92 Å². The largest absolute Gasteiger partial charge is 0.490 e. The number of benzene rings is 1. The number of amides is 1. The Kier molecular flexibility index (Phi) is 6.36. The van der Waals surface area contributed by atoms with Crippen molar-refractivity contribution in [1.82, 2.24) is 5.43 Å². The Morgan fingerprint density at radius 3 is 2.14 bits per heavy atom. The first-order valence-electron chi connectivity index (χ1n) is 6.67. The summed E-state index contributed by atoms with van der Waals surface area (Å²) in [5, 5.41) is 7.12. The smallest absolute Gasteiger partial charge is 0.475 e. The van der Waals surface area contributed by atoms with E-state index >= 15 is 0 Å². The number of hydrogen-bond acceptors (Lipinski definition) is 3. The minimum absolute atomic E-state index is 0.183. The highest BCUT2D eigenvalue weighted by molar-refractivity contribution is 5.95. The van der Waals surface area contributed by atoms with E-state index in [-0.39, 0.29) is 5.91 Å². The van der Waals surface area contributed by atoms with Crippen molar-refractivity contribution in [3.05, 3.63) is 35.4 Å². The lowest BCUT2D eigenvalue weighted by atomic mass is 9.93. The molecule has 0 atom stereocenters. The Morgan fingerprint density at radius 1 is 1.18 bits per heavy atom. The number of hydrogen-bond donors (Lipinski definition) is 3. The van der Waals surface area contributed by atoms with E-state index in [9.17, 15) is 18.0 Å². The molecule has 1 aliphatic rings. The molecule has 2 rings (SSSR count). The molecule has 0 radical (unpaired) electrons. The molecule has 0 bridgehead atoms. The fourth-order valence-electron chi connectivity index (χ4n) is 2.37. The zero-order chi connectivity index (χ0) is 16.8. The van der Waals surface area contributed by atoms with Crippen LogP contribution in [0.1, 0.15) is 47.5 Å². The van der Waals surface area contributed by atoms with Crippen molar-refractivity contribution in [1.29, 1.82) is 0 Å². The number of nitrogens with two attached hydrogens (primary N) is 1. The number of nitrogens with one attached hydrogen (secondary N) is 1. The van der Waals surface area contributed by atoms with Crippen molar-refractivity contribution in [2.75, 3.05) is 0 Å². The predicted octanol–water partition coefficient (Wildman–Crippen LogP) is 2.58. The first-order valence-corrected chi connectivity index (χ1v) is 6.67. The maximum absolute atomic E-state index is 11.6. The number of hydrazine groups is 1. The summed E-state index contributed by atoms with van der Waals surface area (Å²) in [4.78, 5) is 20.5. The topological polar surface area (TPSA) is 92.4 Å². The highest BCUT2D eigenvalue weighted by Gasteiger charge is 2.38. The van der Waals surface area contributed by atoms with Gasteiger partial charge in [-0.25, -0.2) is 10.6 Å². The van der Waals surface area contributed by atoms with Gasteiger partial charge in [0.05, 0.1) is 0 Å². The van der Waals surface area contributed by atoms with Crippen LogP contribution in [0.4, 0.5) is 13.2 Å². The molecule has 0 aromatic heterocycles. The highest BCUT2D eigenvalue weighted by Crippen LogP contribution is 2.35. The molecule has 0 heterocycles. The second kappa shape index (κ2) is 7.79. The fraction of sp³-hybridized carbons (Fsp3) is 0.429. The van der Waals surface area contributed by atoms with Gasteiger partial charge in [0.15, 0.2) is 0 Å². The highest BCUT2D eigenvalue weighted by atomic mass is 19.4. The predicted molar refractivity (Wildman–Crippen MR) is 73.0 cm³/mol. The summed E-state index contributed by atoms with van der Waals surface area (Å²) in [6.45, 7) is 0. The molecule has 1 saturated carbocycles. The molecule has 22 heavy (non-hydrogen) atoms. The molecule has 1 aromatic rings. The molecule has 5 nitrogen and oxygen atoms in total. The number of alkyl halides is 3. The van der Waals surface area contributed by atoms with Gasteiger partial charge in [0.2, 0.25) is 0 Å². The first kappa shape index (κ1) is 18.0. The van der Waals surface area contributed by atoms with Gasteiger partial charge in [-0.3, -0.25) is 10.2 Å². The Balaban J connectivity index is 0.000000295. The average molecular weight is 318 g/mol. The summed E-state index contributed by atoms with van der Waals surface area (Å²) in [6.07, 6.45) is -0.170. The van der Waals surface area contributed by atoms with Crippen molar-refractivity contribution in [2.45, 2.75) is 37.8 Å². The van der Waals surface area contributed by atoms with Crippen LogP contribution >= 0.6 is 0 Å². The third-order valence-corrected chi connectivity index (χ3v) is 3.37. The lowest BCUT2D eigenvalue weighted by Crippen LogP contribution is -2.31. The fourth-order valence-corrected chi connectivity index (χ4v) is 2.37.